The van der Waals surface area contributed by atoms with E-state index < -0.39 is 35.4 Å². The predicted molar refractivity (Wildman–Crippen MR) is 77.2 cm³/mol. The summed E-state index contributed by atoms with van der Waals surface area (Å²) >= 11 is 0. The van der Waals surface area contributed by atoms with Crippen LogP contribution in [0.15, 0.2) is 0 Å². The van der Waals surface area contributed by atoms with Crippen molar-refractivity contribution in [2.75, 3.05) is 45.9 Å². The first-order valence-electron chi connectivity index (χ1n) is 8.00. The zero-order chi connectivity index (χ0) is 17.3. The number of aliphatic hydroxyl groups excluding tert-OH is 2. The number of rotatable bonds is 6. The van der Waals surface area contributed by atoms with E-state index in [1.165, 1.54) is 0 Å². The Morgan fingerprint density at radius 1 is 1.33 bits per heavy atom. The predicted octanol–water partition coefficient (Wildman–Crippen LogP) is -2.63. The van der Waals surface area contributed by atoms with E-state index in [0.29, 0.717) is 32.7 Å². The van der Waals surface area contributed by atoms with Crippen molar-refractivity contribution in [3.8, 4) is 0 Å². The highest BCUT2D eigenvalue weighted by Crippen LogP contribution is 2.36. The van der Waals surface area contributed by atoms with Crippen molar-refractivity contribution >= 4 is 0 Å². The molecule has 3 aliphatic rings. The first-order valence-corrected chi connectivity index (χ1v) is 8.00. The van der Waals surface area contributed by atoms with Gasteiger partial charge in [0.2, 0.25) is 6.29 Å². The van der Waals surface area contributed by atoms with Crippen LogP contribution in [0.5, 0.6) is 0 Å². The molecule has 3 saturated heterocycles. The minimum atomic E-state index is -1.43. The molecule has 0 spiro atoms. The van der Waals surface area contributed by atoms with Crippen LogP contribution in [0.2, 0.25) is 0 Å². The van der Waals surface area contributed by atoms with Gasteiger partial charge in [-0.3, -0.25) is 9.74 Å². The van der Waals surface area contributed by atoms with Crippen LogP contribution in [0.4, 0.5) is 0 Å². The molecule has 0 saturated carbocycles. The number of hydrogen-bond acceptors (Lipinski definition) is 10. The van der Waals surface area contributed by atoms with Gasteiger partial charge in [0.1, 0.15) is 18.3 Å². The Bertz CT molecular complexity index is 460. The van der Waals surface area contributed by atoms with E-state index in [-0.39, 0.29) is 19.6 Å². The third kappa shape index (κ3) is 3.47. The molecule has 3 N–H and O–H groups in total. The van der Waals surface area contributed by atoms with Crippen LogP contribution < -0.4 is 0 Å². The fourth-order valence-corrected chi connectivity index (χ4v) is 3.56. The van der Waals surface area contributed by atoms with Crippen LogP contribution in [0, 0.1) is 10.1 Å². The van der Waals surface area contributed by atoms with E-state index in [1.807, 2.05) is 9.80 Å². The molecule has 11 heteroatoms. The molecule has 5 atom stereocenters. The molecule has 0 aromatic carbocycles. The summed E-state index contributed by atoms with van der Waals surface area (Å²) in [6.45, 7) is 3.10. The first kappa shape index (κ1) is 17.7. The van der Waals surface area contributed by atoms with Gasteiger partial charge in [-0.25, -0.2) is 0 Å². The Kier molecular flexibility index (Phi) is 5.20. The molecule has 0 radical (unpaired) electrons. The molecule has 3 rings (SSSR count). The first-order chi connectivity index (χ1) is 11.4. The average molecular weight is 349 g/mol. The molecule has 1 unspecified atom stereocenters. The van der Waals surface area contributed by atoms with Crippen LogP contribution >= 0.6 is 0 Å². The second kappa shape index (κ2) is 7.04. The number of aliphatic hydroxyl groups is 3. The molecule has 11 nitrogen and oxygen atoms in total. The molecular formula is C13H23N3O8. The quantitative estimate of drug-likeness (QED) is 0.265. The van der Waals surface area contributed by atoms with Crippen LogP contribution in [-0.4, -0.2) is 106 Å². The maximum atomic E-state index is 10.9. The summed E-state index contributed by atoms with van der Waals surface area (Å²) in [4.78, 5) is 18.1. The lowest BCUT2D eigenvalue weighted by molar-refractivity contribution is -0.780. The Morgan fingerprint density at radius 3 is 2.71 bits per heavy atom. The monoisotopic (exact) mass is 349 g/mol. The van der Waals surface area contributed by atoms with Gasteiger partial charge in [-0.15, -0.1) is 10.1 Å². The summed E-state index contributed by atoms with van der Waals surface area (Å²) in [5.74, 6) is 0. The molecule has 0 aliphatic carbocycles. The van der Waals surface area contributed by atoms with Crippen LogP contribution in [0.3, 0.4) is 0 Å². The number of nitrogens with zero attached hydrogens (tertiary/aromatic N) is 3. The van der Waals surface area contributed by atoms with Crippen molar-refractivity contribution in [3.05, 3.63) is 10.1 Å². The van der Waals surface area contributed by atoms with E-state index in [4.69, 9.17) is 9.47 Å². The van der Waals surface area contributed by atoms with Gasteiger partial charge < -0.3 is 29.7 Å². The minimum absolute atomic E-state index is 0.0920. The maximum Gasteiger partial charge on any atom is 0.297 e. The van der Waals surface area contributed by atoms with Gasteiger partial charge in [0.05, 0.1) is 13.2 Å². The van der Waals surface area contributed by atoms with Crippen LogP contribution in [0.25, 0.3) is 0 Å². The molecule has 0 bridgehead atoms. The standard InChI is InChI=1S/C13H23N3O8/c17-9-7-22-12-11(9)23-8-13(12,19)15-5-3-14(4-6-15)2-1-10(18)24-16(20)21/h9-12,17-19H,1-8H2/t9-,10?,11-,12+,13-/m1/s1. The number of ether oxygens (including phenoxy) is 2. The topological polar surface area (TPSA) is 138 Å². The molecule has 0 amide bonds. The van der Waals surface area contributed by atoms with Gasteiger partial charge in [0.25, 0.3) is 5.09 Å². The summed E-state index contributed by atoms with van der Waals surface area (Å²) < 4.78 is 11.0. The largest absolute Gasteiger partial charge is 0.388 e. The Balaban J connectivity index is 1.46. The highest BCUT2D eigenvalue weighted by atomic mass is 17.0. The van der Waals surface area contributed by atoms with Gasteiger partial charge in [0, 0.05) is 39.1 Å². The van der Waals surface area contributed by atoms with Crippen molar-refractivity contribution in [2.45, 2.75) is 36.7 Å². The molecular weight excluding hydrogens is 326 g/mol. The molecule has 3 fully saturated rings. The van der Waals surface area contributed by atoms with Gasteiger partial charge in [0.15, 0.2) is 5.72 Å². The third-order valence-electron chi connectivity index (χ3n) is 4.89. The summed E-state index contributed by atoms with van der Waals surface area (Å²) in [5.41, 5.74) is -1.25. The molecule has 138 valence electrons. The zero-order valence-electron chi connectivity index (χ0n) is 13.2. The van der Waals surface area contributed by atoms with E-state index in [2.05, 4.69) is 4.84 Å². The highest BCUT2D eigenvalue weighted by molar-refractivity contribution is 5.04. The fraction of sp³-hybridized carbons (Fsp3) is 1.00. The van der Waals surface area contributed by atoms with E-state index in [9.17, 15) is 25.4 Å². The van der Waals surface area contributed by atoms with Crippen LogP contribution in [0.1, 0.15) is 6.42 Å². The van der Waals surface area contributed by atoms with Gasteiger partial charge in [-0.2, -0.15) is 0 Å². The second-order valence-corrected chi connectivity index (χ2v) is 6.38. The van der Waals surface area contributed by atoms with Crippen molar-refractivity contribution in [3.63, 3.8) is 0 Å². The van der Waals surface area contributed by atoms with Gasteiger partial charge >= 0.3 is 0 Å². The number of hydrogen-bond donors (Lipinski definition) is 3. The second-order valence-electron chi connectivity index (χ2n) is 6.38. The lowest BCUT2D eigenvalue weighted by Gasteiger charge is -2.44. The molecule has 0 aromatic heterocycles. The maximum absolute atomic E-state index is 10.9. The third-order valence-corrected chi connectivity index (χ3v) is 4.89. The van der Waals surface area contributed by atoms with Crippen molar-refractivity contribution in [2.24, 2.45) is 0 Å². The molecule has 0 aromatic rings. The normalized spacial score (nSPS) is 38.9. The van der Waals surface area contributed by atoms with Gasteiger partial charge in [-0.1, -0.05) is 0 Å². The molecule has 3 aliphatic heterocycles. The van der Waals surface area contributed by atoms with Crippen molar-refractivity contribution < 1.29 is 34.7 Å². The SMILES string of the molecule is O=[N+]([O-])OC(O)CCN1CCN([C@@]2(O)CO[C@@H]3[C@H](O)CO[C@@H]32)CC1. The van der Waals surface area contributed by atoms with Crippen molar-refractivity contribution in [1.29, 1.82) is 0 Å². The smallest absolute Gasteiger partial charge is 0.297 e. The van der Waals surface area contributed by atoms with E-state index >= 15 is 0 Å². The summed E-state index contributed by atoms with van der Waals surface area (Å²) in [6, 6.07) is 0. The number of fused-ring (bicyclic) bond motifs is 1. The average Bonchev–Trinajstić information content (AvgIpc) is 3.08. The van der Waals surface area contributed by atoms with Gasteiger partial charge in [-0.05, 0) is 0 Å². The highest BCUT2D eigenvalue weighted by Gasteiger charge is 2.58. The lowest BCUT2D eigenvalue weighted by Crippen LogP contribution is -2.62. The molecule has 3 heterocycles. The summed E-state index contributed by atoms with van der Waals surface area (Å²) in [5, 5.41) is 39.2. The zero-order valence-corrected chi connectivity index (χ0v) is 13.2. The molecule has 24 heavy (non-hydrogen) atoms. The lowest BCUT2D eigenvalue weighted by atomic mass is 10.0. The van der Waals surface area contributed by atoms with Crippen molar-refractivity contribution in [1.82, 2.24) is 9.80 Å². The Hall–Kier alpha value is -1.08. The number of piperazine rings is 1. The Morgan fingerprint density at radius 2 is 2.04 bits per heavy atom. The Labute approximate surface area is 138 Å². The van der Waals surface area contributed by atoms with E-state index in [0.717, 1.165) is 0 Å². The summed E-state index contributed by atoms with van der Waals surface area (Å²) in [7, 11) is 0. The summed E-state index contributed by atoms with van der Waals surface area (Å²) in [6.07, 6.45) is -3.07. The van der Waals surface area contributed by atoms with E-state index in [1.54, 1.807) is 0 Å². The van der Waals surface area contributed by atoms with Crippen LogP contribution in [-0.2, 0) is 14.3 Å². The fourth-order valence-electron chi connectivity index (χ4n) is 3.56. The minimum Gasteiger partial charge on any atom is -0.388 e.